The number of carbonyl (C=O) groups excluding carboxylic acids is 1. The van der Waals surface area contributed by atoms with Crippen LogP contribution in [0.5, 0.6) is 0 Å². The van der Waals surface area contributed by atoms with Crippen LogP contribution in [0.15, 0.2) is 29.6 Å². The Morgan fingerprint density at radius 3 is 2.95 bits per heavy atom. The van der Waals surface area contributed by atoms with Crippen molar-refractivity contribution in [2.75, 3.05) is 7.05 Å². The number of pyridine rings is 1. The lowest BCUT2D eigenvalue weighted by Gasteiger charge is -1.99. The summed E-state index contributed by atoms with van der Waals surface area (Å²) in [5, 5.41) is 6.66. The quantitative estimate of drug-likeness (QED) is 0.671. The second-order valence-corrected chi connectivity index (χ2v) is 4.77. The molecule has 0 saturated heterocycles. The van der Waals surface area contributed by atoms with Crippen molar-refractivity contribution in [3.8, 4) is 10.6 Å². The first-order valence-electron chi connectivity index (χ1n) is 5.71. The fourth-order valence-corrected chi connectivity index (χ4v) is 2.26. The van der Waals surface area contributed by atoms with Crippen molar-refractivity contribution in [1.29, 1.82) is 0 Å². The lowest BCUT2D eigenvalue weighted by atomic mass is 10.3. The number of hydrazone groups is 1. The van der Waals surface area contributed by atoms with E-state index in [1.807, 2.05) is 0 Å². The molecule has 104 valence electrons. The average Bonchev–Trinajstić information content (AvgIpc) is 2.87. The van der Waals surface area contributed by atoms with Crippen LogP contribution in [-0.2, 0) is 0 Å². The van der Waals surface area contributed by atoms with E-state index in [0.717, 1.165) is 16.9 Å². The fourth-order valence-electron chi connectivity index (χ4n) is 1.38. The predicted molar refractivity (Wildman–Crippen MR) is 75.1 cm³/mol. The molecule has 2 aromatic heterocycles. The highest BCUT2D eigenvalue weighted by atomic mass is 32.1. The molecule has 0 fully saturated rings. The van der Waals surface area contributed by atoms with Gasteiger partial charge in [-0.05, 0) is 19.1 Å². The van der Waals surface area contributed by atoms with Crippen LogP contribution in [-0.4, -0.2) is 28.8 Å². The molecule has 0 aromatic carbocycles. The van der Waals surface area contributed by atoms with Gasteiger partial charge in [0.2, 0.25) is 5.95 Å². The molecule has 8 heteroatoms. The maximum absolute atomic E-state index is 13.8. The number of nitrogens with zero attached hydrogens (tertiary/aromatic N) is 3. The van der Waals surface area contributed by atoms with Crippen LogP contribution in [0.3, 0.4) is 0 Å². The van der Waals surface area contributed by atoms with E-state index < -0.39 is 12.0 Å². The van der Waals surface area contributed by atoms with Gasteiger partial charge in [0.05, 0.1) is 5.71 Å². The van der Waals surface area contributed by atoms with Crippen molar-refractivity contribution in [2.24, 2.45) is 5.10 Å². The van der Waals surface area contributed by atoms with Crippen LogP contribution in [0.4, 0.5) is 9.18 Å². The number of nitrogens with one attached hydrogen (secondary N) is 2. The van der Waals surface area contributed by atoms with E-state index in [-0.39, 0.29) is 4.88 Å². The maximum atomic E-state index is 13.8. The molecular formula is C12H12FN5OS. The highest BCUT2D eigenvalue weighted by Crippen LogP contribution is 2.27. The largest absolute Gasteiger partial charge is 0.340 e. The van der Waals surface area contributed by atoms with Crippen molar-refractivity contribution in [3.05, 3.63) is 35.4 Å². The molecule has 0 saturated carbocycles. The maximum Gasteiger partial charge on any atom is 0.334 e. The average molecular weight is 293 g/mol. The van der Waals surface area contributed by atoms with Gasteiger partial charge in [0.1, 0.15) is 9.88 Å². The molecule has 2 aromatic rings. The summed E-state index contributed by atoms with van der Waals surface area (Å²) in [6, 6.07) is 3.08. The second kappa shape index (κ2) is 6.20. The van der Waals surface area contributed by atoms with E-state index in [9.17, 15) is 9.18 Å². The first kappa shape index (κ1) is 14.1. The number of carbonyl (C=O) groups is 1. The van der Waals surface area contributed by atoms with Crippen molar-refractivity contribution < 1.29 is 9.18 Å². The van der Waals surface area contributed by atoms with Crippen molar-refractivity contribution in [2.45, 2.75) is 6.92 Å². The Hall–Kier alpha value is -2.35. The van der Waals surface area contributed by atoms with Gasteiger partial charge in [0.25, 0.3) is 0 Å². The van der Waals surface area contributed by atoms with Crippen LogP contribution >= 0.6 is 11.3 Å². The zero-order chi connectivity index (χ0) is 14.5. The van der Waals surface area contributed by atoms with Crippen molar-refractivity contribution in [1.82, 2.24) is 20.7 Å². The Kier molecular flexibility index (Phi) is 4.36. The Labute approximate surface area is 118 Å². The lowest BCUT2D eigenvalue weighted by molar-refractivity contribution is 0.243. The van der Waals surface area contributed by atoms with Gasteiger partial charge < -0.3 is 5.32 Å². The summed E-state index contributed by atoms with van der Waals surface area (Å²) in [5.74, 6) is -0.617. The molecule has 0 atom stereocenters. The summed E-state index contributed by atoms with van der Waals surface area (Å²) in [6.07, 6.45) is 3.24. The summed E-state index contributed by atoms with van der Waals surface area (Å²) in [4.78, 5) is 19.1. The minimum Gasteiger partial charge on any atom is -0.340 e. The van der Waals surface area contributed by atoms with Gasteiger partial charge in [0.15, 0.2) is 0 Å². The summed E-state index contributed by atoms with van der Waals surface area (Å²) in [6.45, 7) is 1.60. The zero-order valence-corrected chi connectivity index (χ0v) is 11.7. The summed E-state index contributed by atoms with van der Waals surface area (Å²) < 4.78 is 13.8. The molecule has 0 aliphatic rings. The normalized spacial score (nSPS) is 11.2. The molecule has 0 spiro atoms. The van der Waals surface area contributed by atoms with E-state index in [4.69, 9.17) is 0 Å². The number of thiazole rings is 1. The molecule has 20 heavy (non-hydrogen) atoms. The van der Waals surface area contributed by atoms with Gasteiger partial charge in [-0.1, -0.05) is 0 Å². The van der Waals surface area contributed by atoms with Gasteiger partial charge in [-0.25, -0.2) is 15.2 Å². The van der Waals surface area contributed by atoms with E-state index in [0.29, 0.717) is 10.7 Å². The summed E-state index contributed by atoms with van der Waals surface area (Å²) in [5.41, 5.74) is 3.32. The standard InChI is InChI=1S/C12H12FN5OS/c1-7(17-18-12(19)14-2)9-10(13)16-11(20-9)8-4-3-5-15-6-8/h3-6H,1-2H3,(H2,14,18,19)/b17-7+. The Bertz CT molecular complexity index is 641. The number of hydrogen-bond acceptors (Lipinski definition) is 5. The molecule has 0 unspecified atom stereocenters. The first-order chi connectivity index (χ1) is 9.61. The molecule has 0 aliphatic heterocycles. The minimum atomic E-state index is -0.617. The van der Waals surface area contributed by atoms with Crippen molar-refractivity contribution in [3.63, 3.8) is 0 Å². The van der Waals surface area contributed by atoms with E-state index in [1.165, 1.54) is 7.05 Å². The third-order valence-corrected chi connectivity index (χ3v) is 3.56. The van der Waals surface area contributed by atoms with Crippen LogP contribution in [0, 0.1) is 5.95 Å². The van der Waals surface area contributed by atoms with E-state index in [2.05, 4.69) is 25.8 Å². The van der Waals surface area contributed by atoms with Crippen LogP contribution in [0.2, 0.25) is 0 Å². The minimum absolute atomic E-state index is 0.278. The third-order valence-electron chi connectivity index (χ3n) is 2.38. The van der Waals surface area contributed by atoms with Crippen LogP contribution < -0.4 is 10.7 Å². The number of aromatic nitrogens is 2. The molecule has 6 nitrogen and oxygen atoms in total. The van der Waals surface area contributed by atoms with Crippen LogP contribution in [0.25, 0.3) is 10.6 Å². The van der Waals surface area contributed by atoms with Crippen molar-refractivity contribution >= 4 is 23.1 Å². The Morgan fingerprint density at radius 2 is 2.30 bits per heavy atom. The molecule has 0 aliphatic carbocycles. The molecule has 2 N–H and O–H groups in total. The number of urea groups is 1. The molecule has 2 rings (SSSR count). The summed E-state index contributed by atoms with van der Waals surface area (Å²) in [7, 11) is 1.47. The topological polar surface area (TPSA) is 79.3 Å². The summed E-state index contributed by atoms with van der Waals surface area (Å²) >= 11 is 1.15. The Morgan fingerprint density at radius 1 is 1.50 bits per heavy atom. The number of hydrogen-bond donors (Lipinski definition) is 2. The van der Waals surface area contributed by atoms with Crippen LogP contribution in [0.1, 0.15) is 11.8 Å². The van der Waals surface area contributed by atoms with Gasteiger partial charge >= 0.3 is 6.03 Å². The zero-order valence-electron chi connectivity index (χ0n) is 10.8. The number of halogens is 1. The smallest absolute Gasteiger partial charge is 0.334 e. The highest BCUT2D eigenvalue weighted by Gasteiger charge is 2.15. The molecule has 2 heterocycles. The van der Waals surface area contributed by atoms with Gasteiger partial charge in [-0.2, -0.15) is 9.49 Å². The lowest BCUT2D eigenvalue weighted by Crippen LogP contribution is -2.29. The number of amides is 2. The highest BCUT2D eigenvalue weighted by molar-refractivity contribution is 7.17. The molecule has 0 radical (unpaired) electrons. The number of rotatable bonds is 3. The second-order valence-electron chi connectivity index (χ2n) is 3.77. The molecular weight excluding hydrogens is 281 g/mol. The Balaban J connectivity index is 2.26. The SMILES string of the molecule is CNC(=O)N/N=C(\C)c1sc(-c2cccnc2)nc1F. The van der Waals surface area contributed by atoms with E-state index >= 15 is 0 Å². The third kappa shape index (κ3) is 3.15. The van der Waals surface area contributed by atoms with Gasteiger partial charge in [-0.15, -0.1) is 11.3 Å². The van der Waals surface area contributed by atoms with Gasteiger partial charge in [0, 0.05) is 25.0 Å². The van der Waals surface area contributed by atoms with Gasteiger partial charge in [-0.3, -0.25) is 4.98 Å². The van der Waals surface area contributed by atoms with E-state index in [1.54, 1.807) is 31.5 Å². The predicted octanol–water partition coefficient (Wildman–Crippen LogP) is 2.00. The fraction of sp³-hybridized carbons (Fsp3) is 0.167. The molecule has 2 amide bonds. The monoisotopic (exact) mass is 293 g/mol. The first-order valence-corrected chi connectivity index (χ1v) is 6.52. The molecule has 0 bridgehead atoms.